The second-order valence-corrected chi connectivity index (χ2v) is 9.29. The van der Waals surface area contributed by atoms with Crippen LogP contribution in [0, 0.1) is 5.92 Å². The van der Waals surface area contributed by atoms with Gasteiger partial charge >= 0.3 is 23.9 Å². The van der Waals surface area contributed by atoms with E-state index in [1.807, 2.05) is 6.92 Å². The lowest BCUT2D eigenvalue weighted by Crippen LogP contribution is -2.13. The number of carboxylic acids is 2. The number of esters is 2. The Balaban J connectivity index is 0. The van der Waals surface area contributed by atoms with Crippen molar-refractivity contribution in [1.82, 2.24) is 0 Å². The normalized spacial score (nSPS) is 11.2. The van der Waals surface area contributed by atoms with Crippen molar-refractivity contribution in [3.8, 4) is 0 Å². The van der Waals surface area contributed by atoms with Crippen LogP contribution in [0.3, 0.4) is 0 Å². The summed E-state index contributed by atoms with van der Waals surface area (Å²) in [5.74, 6) is -1.31. The maximum absolute atomic E-state index is 11.7. The van der Waals surface area contributed by atoms with Crippen molar-refractivity contribution in [2.24, 2.45) is 5.92 Å². The van der Waals surface area contributed by atoms with Crippen LogP contribution in [0.15, 0.2) is 0 Å². The van der Waals surface area contributed by atoms with E-state index in [2.05, 4.69) is 13.8 Å². The standard InChI is InChI=1S/C18H34O4.C10H18O4/c1-3-5-12-16(4-2)15-22-18(21)14-11-9-7-6-8-10-13-17(19)20;1-2-3-8-14-10(13)7-5-4-6-9(11)12/h16H,3-15H2,1-2H3,(H,19,20);2-8H2,1H3,(H,11,12). The molecular formula is C28H52O8. The number of ether oxygens (including phenoxy) is 2. The second-order valence-electron chi connectivity index (χ2n) is 9.29. The van der Waals surface area contributed by atoms with Gasteiger partial charge in [-0.3, -0.25) is 19.2 Å². The van der Waals surface area contributed by atoms with Gasteiger partial charge in [-0.1, -0.05) is 72.1 Å². The smallest absolute Gasteiger partial charge is 0.305 e. The van der Waals surface area contributed by atoms with Crippen molar-refractivity contribution < 1.29 is 38.9 Å². The van der Waals surface area contributed by atoms with Gasteiger partial charge in [-0.05, 0) is 44.4 Å². The number of unbranched alkanes of at least 4 members (excludes halogenated alkanes) is 8. The van der Waals surface area contributed by atoms with Gasteiger partial charge in [-0.2, -0.15) is 0 Å². The minimum absolute atomic E-state index is 0.0687. The fourth-order valence-corrected chi connectivity index (χ4v) is 3.38. The van der Waals surface area contributed by atoms with Crippen LogP contribution in [0.4, 0.5) is 0 Å². The number of carboxylic acid groups (broad SMARTS) is 2. The van der Waals surface area contributed by atoms with Crippen molar-refractivity contribution in [2.75, 3.05) is 13.2 Å². The van der Waals surface area contributed by atoms with Gasteiger partial charge < -0.3 is 19.7 Å². The molecule has 36 heavy (non-hydrogen) atoms. The van der Waals surface area contributed by atoms with E-state index in [0.29, 0.717) is 44.8 Å². The SMILES string of the molecule is CCCCC(CC)COC(=O)CCCCCCCCC(=O)O.CCCCOC(=O)CCCCC(=O)O. The summed E-state index contributed by atoms with van der Waals surface area (Å²) in [7, 11) is 0. The summed E-state index contributed by atoms with van der Waals surface area (Å²) in [5, 5.41) is 16.9. The van der Waals surface area contributed by atoms with Gasteiger partial charge in [0.15, 0.2) is 0 Å². The molecule has 0 amide bonds. The quantitative estimate of drug-likeness (QED) is 0.111. The summed E-state index contributed by atoms with van der Waals surface area (Å²) in [4.78, 5) is 43.1. The van der Waals surface area contributed by atoms with Gasteiger partial charge in [0.05, 0.1) is 13.2 Å². The minimum atomic E-state index is -0.815. The molecule has 0 heterocycles. The molecule has 0 bridgehead atoms. The monoisotopic (exact) mass is 516 g/mol. The number of rotatable bonds is 23. The van der Waals surface area contributed by atoms with Crippen LogP contribution in [0.1, 0.15) is 136 Å². The fraction of sp³-hybridized carbons (Fsp3) is 0.857. The first-order valence-corrected chi connectivity index (χ1v) is 14.0. The van der Waals surface area contributed by atoms with Crippen LogP contribution in [-0.4, -0.2) is 47.3 Å². The summed E-state index contributed by atoms with van der Waals surface area (Å²) in [6.45, 7) is 7.42. The fourth-order valence-electron chi connectivity index (χ4n) is 3.38. The van der Waals surface area contributed by atoms with Crippen LogP contribution >= 0.6 is 0 Å². The number of carbonyl (C=O) groups is 4. The molecule has 0 fully saturated rings. The van der Waals surface area contributed by atoms with Crippen molar-refractivity contribution in [3.05, 3.63) is 0 Å². The molecule has 0 aromatic rings. The number of hydrogen-bond acceptors (Lipinski definition) is 6. The molecule has 0 aromatic heterocycles. The molecule has 1 atom stereocenters. The van der Waals surface area contributed by atoms with Crippen molar-refractivity contribution >= 4 is 23.9 Å². The highest BCUT2D eigenvalue weighted by Gasteiger charge is 2.10. The van der Waals surface area contributed by atoms with Crippen LogP contribution in [0.5, 0.6) is 0 Å². The molecule has 0 rings (SSSR count). The van der Waals surface area contributed by atoms with Gasteiger partial charge in [0.25, 0.3) is 0 Å². The molecule has 0 aliphatic carbocycles. The topological polar surface area (TPSA) is 127 Å². The molecule has 8 heteroatoms. The Kier molecular flexibility index (Phi) is 27.5. The van der Waals surface area contributed by atoms with E-state index in [1.165, 1.54) is 12.8 Å². The second kappa shape index (κ2) is 27.5. The molecule has 0 saturated carbocycles. The predicted molar refractivity (Wildman–Crippen MR) is 141 cm³/mol. The first-order valence-electron chi connectivity index (χ1n) is 14.0. The lowest BCUT2D eigenvalue weighted by Gasteiger charge is -2.14. The van der Waals surface area contributed by atoms with Crippen LogP contribution < -0.4 is 0 Å². The molecule has 2 N–H and O–H groups in total. The highest BCUT2D eigenvalue weighted by molar-refractivity contribution is 5.70. The van der Waals surface area contributed by atoms with Gasteiger partial charge in [0.1, 0.15) is 0 Å². The minimum Gasteiger partial charge on any atom is -0.481 e. The van der Waals surface area contributed by atoms with Gasteiger partial charge in [0, 0.05) is 25.7 Å². The van der Waals surface area contributed by atoms with Crippen LogP contribution in [0.2, 0.25) is 0 Å². The van der Waals surface area contributed by atoms with E-state index in [1.54, 1.807) is 0 Å². The van der Waals surface area contributed by atoms with Gasteiger partial charge in [-0.25, -0.2) is 0 Å². The zero-order chi connectivity index (χ0) is 27.4. The Hall–Kier alpha value is -2.12. The largest absolute Gasteiger partial charge is 0.481 e. The molecule has 0 radical (unpaired) electrons. The third-order valence-corrected chi connectivity index (χ3v) is 5.83. The Morgan fingerprint density at radius 3 is 1.53 bits per heavy atom. The lowest BCUT2D eigenvalue weighted by atomic mass is 10.0. The van der Waals surface area contributed by atoms with Gasteiger partial charge in [0.2, 0.25) is 0 Å². The first kappa shape index (κ1) is 36.0. The Labute approximate surface area is 218 Å². The summed E-state index contributed by atoms with van der Waals surface area (Å²) in [6.07, 6.45) is 14.6. The molecule has 1 unspecified atom stereocenters. The van der Waals surface area contributed by atoms with E-state index in [0.717, 1.165) is 64.2 Å². The van der Waals surface area contributed by atoms with Crippen molar-refractivity contribution in [1.29, 1.82) is 0 Å². The number of carbonyl (C=O) groups excluding carboxylic acids is 2. The maximum Gasteiger partial charge on any atom is 0.305 e. The van der Waals surface area contributed by atoms with Crippen molar-refractivity contribution in [2.45, 2.75) is 136 Å². The zero-order valence-electron chi connectivity index (χ0n) is 23.1. The highest BCUT2D eigenvalue weighted by Crippen LogP contribution is 2.14. The highest BCUT2D eigenvalue weighted by atomic mass is 16.5. The van der Waals surface area contributed by atoms with E-state index in [4.69, 9.17) is 19.7 Å². The van der Waals surface area contributed by atoms with Gasteiger partial charge in [-0.15, -0.1) is 0 Å². The number of aliphatic carboxylic acids is 2. The summed E-state index contributed by atoms with van der Waals surface area (Å²) in [5.41, 5.74) is 0. The van der Waals surface area contributed by atoms with E-state index >= 15 is 0 Å². The Bertz CT molecular complexity index is 562. The molecule has 0 saturated heterocycles. The molecule has 212 valence electrons. The van der Waals surface area contributed by atoms with Crippen molar-refractivity contribution in [3.63, 3.8) is 0 Å². The van der Waals surface area contributed by atoms with E-state index in [-0.39, 0.29) is 24.8 Å². The Morgan fingerprint density at radius 2 is 1.03 bits per heavy atom. The molecule has 8 nitrogen and oxygen atoms in total. The summed E-state index contributed by atoms with van der Waals surface area (Å²) >= 11 is 0. The predicted octanol–water partition coefficient (Wildman–Crippen LogP) is 6.93. The average molecular weight is 517 g/mol. The zero-order valence-corrected chi connectivity index (χ0v) is 23.1. The average Bonchev–Trinajstić information content (AvgIpc) is 2.84. The molecule has 0 spiro atoms. The Morgan fingerprint density at radius 1 is 0.583 bits per heavy atom. The van der Waals surface area contributed by atoms with Crippen LogP contribution in [-0.2, 0) is 28.7 Å². The molecule has 0 aliphatic heterocycles. The molecule has 0 aromatic carbocycles. The van der Waals surface area contributed by atoms with E-state index in [9.17, 15) is 19.2 Å². The van der Waals surface area contributed by atoms with Crippen LogP contribution in [0.25, 0.3) is 0 Å². The molecular weight excluding hydrogens is 464 g/mol. The van der Waals surface area contributed by atoms with E-state index < -0.39 is 11.9 Å². The summed E-state index contributed by atoms with van der Waals surface area (Å²) < 4.78 is 10.3. The summed E-state index contributed by atoms with van der Waals surface area (Å²) in [6, 6.07) is 0. The number of hydrogen-bond donors (Lipinski definition) is 2. The third kappa shape index (κ3) is 29.9. The lowest BCUT2D eigenvalue weighted by molar-refractivity contribution is -0.145. The maximum atomic E-state index is 11.7. The third-order valence-electron chi connectivity index (χ3n) is 5.83. The molecule has 0 aliphatic rings. The first-order chi connectivity index (χ1) is 17.3.